The van der Waals surface area contributed by atoms with E-state index in [1.54, 1.807) is 11.0 Å². The standard InChI is InChI=1S/C15H19FN2O2/c16-13-4-1-3-12(9-13)10-18-14(19)20-11-15(18)5-2-7-17-8-6-15/h1,3-4,9,17H,2,5-8,10-11H2. The van der Waals surface area contributed by atoms with Crippen molar-refractivity contribution >= 4 is 6.09 Å². The molecule has 0 bridgehead atoms. The van der Waals surface area contributed by atoms with E-state index in [1.807, 2.05) is 6.07 Å². The molecule has 1 atom stereocenters. The van der Waals surface area contributed by atoms with E-state index in [1.165, 1.54) is 12.1 Å². The zero-order chi connectivity index (χ0) is 14.0. The molecule has 1 aromatic carbocycles. The van der Waals surface area contributed by atoms with Crippen molar-refractivity contribution in [3.05, 3.63) is 35.6 Å². The molecule has 2 saturated heterocycles. The van der Waals surface area contributed by atoms with Gasteiger partial charge in [0, 0.05) is 6.54 Å². The minimum atomic E-state index is -0.281. The minimum absolute atomic E-state index is 0.229. The molecule has 5 heteroatoms. The average molecular weight is 278 g/mol. The van der Waals surface area contributed by atoms with Crippen LogP contribution >= 0.6 is 0 Å². The fourth-order valence-corrected chi connectivity index (χ4v) is 3.12. The molecule has 0 aromatic heterocycles. The number of hydrogen-bond acceptors (Lipinski definition) is 3. The van der Waals surface area contributed by atoms with Gasteiger partial charge in [-0.3, -0.25) is 4.90 Å². The maximum atomic E-state index is 13.3. The molecule has 0 radical (unpaired) electrons. The van der Waals surface area contributed by atoms with Crippen LogP contribution in [0.1, 0.15) is 24.8 Å². The van der Waals surface area contributed by atoms with Gasteiger partial charge in [-0.05, 0) is 50.0 Å². The van der Waals surface area contributed by atoms with E-state index in [9.17, 15) is 9.18 Å². The van der Waals surface area contributed by atoms with Crippen LogP contribution in [0.15, 0.2) is 24.3 Å². The predicted molar refractivity (Wildman–Crippen MR) is 72.7 cm³/mol. The monoisotopic (exact) mass is 278 g/mol. The number of hydrogen-bond donors (Lipinski definition) is 1. The van der Waals surface area contributed by atoms with Crippen LogP contribution in [0.5, 0.6) is 0 Å². The Hall–Kier alpha value is -1.62. The summed E-state index contributed by atoms with van der Waals surface area (Å²) in [6.45, 7) is 2.72. The molecular weight excluding hydrogens is 259 g/mol. The third-order valence-corrected chi connectivity index (χ3v) is 4.25. The Morgan fingerprint density at radius 2 is 2.25 bits per heavy atom. The lowest BCUT2D eigenvalue weighted by Gasteiger charge is -2.34. The zero-order valence-electron chi connectivity index (χ0n) is 11.4. The summed E-state index contributed by atoms with van der Waals surface area (Å²) in [4.78, 5) is 13.8. The largest absolute Gasteiger partial charge is 0.447 e. The van der Waals surface area contributed by atoms with Crippen LogP contribution in [0, 0.1) is 5.82 Å². The van der Waals surface area contributed by atoms with Crippen LogP contribution in [0.25, 0.3) is 0 Å². The molecule has 20 heavy (non-hydrogen) atoms. The minimum Gasteiger partial charge on any atom is -0.447 e. The zero-order valence-corrected chi connectivity index (χ0v) is 11.4. The molecule has 2 heterocycles. The van der Waals surface area contributed by atoms with Gasteiger partial charge in [-0.1, -0.05) is 12.1 Å². The van der Waals surface area contributed by atoms with E-state index in [4.69, 9.17) is 4.74 Å². The first-order valence-electron chi connectivity index (χ1n) is 7.09. The molecule has 1 amide bonds. The summed E-state index contributed by atoms with van der Waals surface area (Å²) in [6, 6.07) is 6.41. The lowest BCUT2D eigenvalue weighted by atomic mass is 9.90. The van der Waals surface area contributed by atoms with E-state index >= 15 is 0 Å². The van der Waals surface area contributed by atoms with Crippen LogP contribution < -0.4 is 5.32 Å². The van der Waals surface area contributed by atoms with Crippen LogP contribution in [0.2, 0.25) is 0 Å². The normalized spacial score (nSPS) is 26.6. The number of amides is 1. The molecule has 4 nitrogen and oxygen atoms in total. The predicted octanol–water partition coefficient (Wildman–Crippen LogP) is 2.29. The van der Waals surface area contributed by atoms with Gasteiger partial charge >= 0.3 is 6.09 Å². The van der Waals surface area contributed by atoms with Crippen molar-refractivity contribution in [2.24, 2.45) is 0 Å². The number of ether oxygens (including phenoxy) is 1. The number of benzene rings is 1. The molecule has 1 unspecified atom stereocenters. The van der Waals surface area contributed by atoms with Crippen molar-refractivity contribution in [2.45, 2.75) is 31.3 Å². The fourth-order valence-electron chi connectivity index (χ4n) is 3.12. The van der Waals surface area contributed by atoms with Gasteiger partial charge in [0.05, 0.1) is 5.54 Å². The first-order chi connectivity index (χ1) is 9.70. The van der Waals surface area contributed by atoms with Gasteiger partial charge in [0.1, 0.15) is 12.4 Å². The topological polar surface area (TPSA) is 41.6 Å². The Morgan fingerprint density at radius 1 is 1.35 bits per heavy atom. The Kier molecular flexibility index (Phi) is 3.61. The molecule has 0 saturated carbocycles. The third kappa shape index (κ3) is 2.50. The summed E-state index contributed by atoms with van der Waals surface area (Å²) in [5.74, 6) is -0.272. The van der Waals surface area contributed by atoms with Crippen molar-refractivity contribution in [1.82, 2.24) is 10.2 Å². The Balaban J connectivity index is 1.83. The van der Waals surface area contributed by atoms with E-state index in [0.717, 1.165) is 37.9 Å². The molecule has 108 valence electrons. The van der Waals surface area contributed by atoms with Crippen molar-refractivity contribution in [3.63, 3.8) is 0 Å². The molecule has 3 rings (SSSR count). The third-order valence-electron chi connectivity index (χ3n) is 4.25. The quantitative estimate of drug-likeness (QED) is 0.902. The van der Waals surface area contributed by atoms with E-state index in [-0.39, 0.29) is 17.4 Å². The summed E-state index contributed by atoms with van der Waals surface area (Å²) in [5, 5.41) is 3.35. The number of carbonyl (C=O) groups is 1. The number of cyclic esters (lactones) is 1. The molecule has 1 N–H and O–H groups in total. The molecule has 0 aliphatic carbocycles. The van der Waals surface area contributed by atoms with Gasteiger partial charge in [0.25, 0.3) is 0 Å². The lowest BCUT2D eigenvalue weighted by Crippen LogP contribution is -2.47. The highest BCUT2D eigenvalue weighted by atomic mass is 19.1. The highest BCUT2D eigenvalue weighted by Crippen LogP contribution is 2.34. The SMILES string of the molecule is O=C1OCC2(CCCNCC2)N1Cc1cccc(F)c1. The van der Waals surface area contributed by atoms with E-state index in [0.29, 0.717) is 13.2 Å². The molecule has 2 aliphatic heterocycles. The molecule has 1 aromatic rings. The summed E-state index contributed by atoms with van der Waals surface area (Å²) in [5.41, 5.74) is 0.577. The van der Waals surface area contributed by atoms with Crippen LogP contribution in [0.3, 0.4) is 0 Å². The second kappa shape index (κ2) is 5.40. The summed E-state index contributed by atoms with van der Waals surface area (Å²) in [7, 11) is 0. The smallest absolute Gasteiger partial charge is 0.410 e. The van der Waals surface area contributed by atoms with E-state index in [2.05, 4.69) is 5.32 Å². The summed E-state index contributed by atoms with van der Waals surface area (Å²) < 4.78 is 18.6. The van der Waals surface area contributed by atoms with Gasteiger partial charge in [0.15, 0.2) is 0 Å². The Bertz CT molecular complexity index is 498. The Labute approximate surface area is 117 Å². The van der Waals surface area contributed by atoms with Gasteiger partial charge in [0.2, 0.25) is 0 Å². The molecule has 2 aliphatic rings. The number of nitrogens with zero attached hydrogens (tertiary/aromatic N) is 1. The first-order valence-corrected chi connectivity index (χ1v) is 7.09. The molecule has 2 fully saturated rings. The van der Waals surface area contributed by atoms with Gasteiger partial charge in [-0.2, -0.15) is 0 Å². The summed E-state index contributed by atoms with van der Waals surface area (Å²) >= 11 is 0. The van der Waals surface area contributed by atoms with Gasteiger partial charge in [-0.25, -0.2) is 9.18 Å². The average Bonchev–Trinajstić information content (AvgIpc) is 2.64. The maximum absolute atomic E-state index is 13.3. The number of rotatable bonds is 2. The maximum Gasteiger partial charge on any atom is 0.410 e. The van der Waals surface area contributed by atoms with Gasteiger partial charge in [-0.15, -0.1) is 0 Å². The van der Waals surface area contributed by atoms with Gasteiger partial charge < -0.3 is 10.1 Å². The summed E-state index contributed by atoms with van der Waals surface area (Å²) in [6.07, 6.45) is 2.56. The highest BCUT2D eigenvalue weighted by Gasteiger charge is 2.46. The van der Waals surface area contributed by atoms with Crippen LogP contribution in [-0.2, 0) is 11.3 Å². The molecular formula is C15H19FN2O2. The van der Waals surface area contributed by atoms with Crippen molar-refractivity contribution < 1.29 is 13.9 Å². The second-order valence-electron chi connectivity index (χ2n) is 5.60. The highest BCUT2D eigenvalue weighted by molar-refractivity contribution is 5.71. The van der Waals surface area contributed by atoms with Crippen molar-refractivity contribution in [2.75, 3.05) is 19.7 Å². The van der Waals surface area contributed by atoms with Crippen LogP contribution in [-0.4, -0.2) is 36.2 Å². The number of nitrogens with one attached hydrogen (secondary N) is 1. The fraction of sp³-hybridized carbons (Fsp3) is 0.533. The first kappa shape index (κ1) is 13.4. The van der Waals surface area contributed by atoms with Crippen LogP contribution in [0.4, 0.5) is 9.18 Å². The van der Waals surface area contributed by atoms with Crippen molar-refractivity contribution in [1.29, 1.82) is 0 Å². The molecule has 1 spiro atoms. The number of halogens is 1. The van der Waals surface area contributed by atoms with E-state index < -0.39 is 0 Å². The van der Waals surface area contributed by atoms with Crippen molar-refractivity contribution in [3.8, 4) is 0 Å². The Morgan fingerprint density at radius 3 is 3.10 bits per heavy atom. The number of carbonyl (C=O) groups excluding carboxylic acids is 1. The lowest BCUT2D eigenvalue weighted by molar-refractivity contribution is 0.137. The second-order valence-corrected chi connectivity index (χ2v) is 5.60.